The summed E-state index contributed by atoms with van der Waals surface area (Å²) in [7, 11) is 3.94. The van der Waals surface area contributed by atoms with Gasteiger partial charge in [0.15, 0.2) is 5.65 Å². The average molecular weight is 247 g/mol. The number of anilines is 1. The molecule has 2 aromatic rings. The van der Waals surface area contributed by atoms with Crippen molar-refractivity contribution >= 4 is 17.0 Å². The predicted molar refractivity (Wildman–Crippen MR) is 74.8 cm³/mol. The van der Waals surface area contributed by atoms with Gasteiger partial charge in [-0.3, -0.25) is 0 Å². The third-order valence-corrected chi connectivity index (χ3v) is 2.84. The van der Waals surface area contributed by atoms with Crippen LogP contribution in [0.15, 0.2) is 12.1 Å². The third-order valence-electron chi connectivity index (χ3n) is 2.84. The quantitative estimate of drug-likeness (QED) is 0.862. The molecule has 0 atom stereocenters. The van der Waals surface area contributed by atoms with Gasteiger partial charge < -0.3 is 15.6 Å². The van der Waals surface area contributed by atoms with Crippen LogP contribution in [-0.4, -0.2) is 34.6 Å². The second-order valence-electron chi connectivity index (χ2n) is 5.61. The Morgan fingerprint density at radius 1 is 1.28 bits per heavy atom. The summed E-state index contributed by atoms with van der Waals surface area (Å²) in [5.74, 6) is 1.87. The maximum atomic E-state index is 5.98. The van der Waals surface area contributed by atoms with E-state index in [0.717, 1.165) is 35.6 Å². The summed E-state index contributed by atoms with van der Waals surface area (Å²) in [6.07, 6.45) is 1.74. The number of nitrogens with zero attached hydrogens (tertiary/aromatic N) is 3. The Morgan fingerprint density at radius 2 is 2.00 bits per heavy atom. The maximum Gasteiger partial charge on any atom is 0.179 e. The number of aromatic nitrogens is 3. The van der Waals surface area contributed by atoms with Crippen molar-refractivity contribution in [3.8, 4) is 0 Å². The van der Waals surface area contributed by atoms with Gasteiger partial charge in [0.25, 0.3) is 0 Å². The van der Waals surface area contributed by atoms with Crippen LogP contribution in [0.2, 0.25) is 0 Å². The van der Waals surface area contributed by atoms with E-state index in [0.29, 0.717) is 0 Å². The van der Waals surface area contributed by atoms with Crippen molar-refractivity contribution in [3.05, 3.63) is 18.0 Å². The largest absolute Gasteiger partial charge is 0.363 e. The zero-order chi connectivity index (χ0) is 13.3. The minimum atomic E-state index is -0.165. The van der Waals surface area contributed by atoms with Crippen molar-refractivity contribution in [2.75, 3.05) is 19.0 Å². The van der Waals surface area contributed by atoms with Crippen LogP contribution >= 0.6 is 0 Å². The lowest BCUT2D eigenvalue weighted by Crippen LogP contribution is -2.32. The van der Waals surface area contributed by atoms with Crippen LogP contribution in [0.4, 0.5) is 5.82 Å². The highest BCUT2D eigenvalue weighted by molar-refractivity contribution is 5.73. The van der Waals surface area contributed by atoms with Gasteiger partial charge in [-0.15, -0.1) is 0 Å². The van der Waals surface area contributed by atoms with Crippen LogP contribution in [0, 0.1) is 0 Å². The summed E-state index contributed by atoms with van der Waals surface area (Å²) < 4.78 is 0. The highest BCUT2D eigenvalue weighted by atomic mass is 15.1. The summed E-state index contributed by atoms with van der Waals surface area (Å²) in [6, 6.07) is 4.00. The molecule has 0 saturated heterocycles. The van der Waals surface area contributed by atoms with E-state index in [4.69, 9.17) is 5.73 Å². The van der Waals surface area contributed by atoms with Gasteiger partial charge in [0.05, 0.1) is 5.52 Å². The molecule has 0 aliphatic heterocycles. The molecule has 0 aromatic carbocycles. The van der Waals surface area contributed by atoms with Gasteiger partial charge in [-0.25, -0.2) is 9.97 Å². The molecule has 0 saturated carbocycles. The van der Waals surface area contributed by atoms with Gasteiger partial charge in [-0.2, -0.15) is 0 Å². The molecule has 0 aliphatic rings. The van der Waals surface area contributed by atoms with Gasteiger partial charge in [0, 0.05) is 26.1 Å². The van der Waals surface area contributed by atoms with Crippen LogP contribution in [0.1, 0.15) is 26.1 Å². The number of hydrogen-bond acceptors (Lipinski definition) is 4. The summed E-state index contributed by atoms with van der Waals surface area (Å²) in [4.78, 5) is 14.3. The van der Waals surface area contributed by atoms with E-state index in [2.05, 4.69) is 15.0 Å². The Balaban J connectivity index is 2.22. The van der Waals surface area contributed by atoms with E-state index in [1.165, 1.54) is 0 Å². The van der Waals surface area contributed by atoms with Crippen molar-refractivity contribution < 1.29 is 0 Å². The average Bonchev–Trinajstić information content (AvgIpc) is 2.66. The highest BCUT2D eigenvalue weighted by Gasteiger charge is 2.13. The molecule has 0 unspecified atom stereocenters. The molecule has 0 bridgehead atoms. The molecule has 2 heterocycles. The van der Waals surface area contributed by atoms with E-state index in [1.807, 2.05) is 45.0 Å². The molecule has 0 aliphatic carbocycles. The number of pyridine rings is 1. The van der Waals surface area contributed by atoms with Crippen LogP contribution < -0.4 is 10.6 Å². The first-order valence-corrected chi connectivity index (χ1v) is 6.17. The first kappa shape index (κ1) is 12.8. The molecule has 18 heavy (non-hydrogen) atoms. The second-order valence-corrected chi connectivity index (χ2v) is 5.61. The zero-order valence-electron chi connectivity index (χ0n) is 11.5. The Morgan fingerprint density at radius 3 is 2.61 bits per heavy atom. The highest BCUT2D eigenvalue weighted by Crippen LogP contribution is 2.16. The van der Waals surface area contributed by atoms with Gasteiger partial charge in [-0.05, 0) is 32.4 Å². The van der Waals surface area contributed by atoms with Crippen LogP contribution in [0.5, 0.6) is 0 Å². The SMILES string of the molecule is CN(C)c1ccc2[nH]c(CCC(C)(C)N)nc2n1. The second kappa shape index (κ2) is 4.57. The summed E-state index contributed by atoms with van der Waals surface area (Å²) in [5.41, 5.74) is 7.56. The van der Waals surface area contributed by atoms with Crippen molar-refractivity contribution in [2.24, 2.45) is 5.73 Å². The lowest BCUT2D eigenvalue weighted by molar-refractivity contribution is 0.472. The summed E-state index contributed by atoms with van der Waals surface area (Å²) in [5, 5.41) is 0. The molecule has 2 rings (SSSR count). The van der Waals surface area contributed by atoms with Crippen molar-refractivity contribution in [1.29, 1.82) is 0 Å². The van der Waals surface area contributed by atoms with E-state index in [1.54, 1.807) is 0 Å². The lowest BCUT2D eigenvalue weighted by atomic mass is 10.0. The number of H-pyrrole nitrogens is 1. The van der Waals surface area contributed by atoms with E-state index in [-0.39, 0.29) is 5.54 Å². The molecule has 0 fully saturated rings. The standard InChI is InChI=1S/C13H21N5/c1-13(2,14)8-7-10-15-9-5-6-11(18(3)4)17-12(9)16-10/h5-6H,7-8,14H2,1-4H3,(H,15,16,17). The van der Waals surface area contributed by atoms with Gasteiger partial charge in [0.1, 0.15) is 11.6 Å². The van der Waals surface area contributed by atoms with E-state index >= 15 is 0 Å². The molecule has 0 amide bonds. The number of aryl methyl sites for hydroxylation is 1. The topological polar surface area (TPSA) is 70.8 Å². The summed E-state index contributed by atoms with van der Waals surface area (Å²) >= 11 is 0. The van der Waals surface area contributed by atoms with E-state index in [9.17, 15) is 0 Å². The fourth-order valence-corrected chi connectivity index (χ4v) is 1.74. The minimum Gasteiger partial charge on any atom is -0.363 e. The number of aromatic amines is 1. The fraction of sp³-hybridized carbons (Fsp3) is 0.538. The summed E-state index contributed by atoms with van der Waals surface area (Å²) in [6.45, 7) is 4.05. The first-order valence-electron chi connectivity index (χ1n) is 6.17. The van der Waals surface area contributed by atoms with Gasteiger partial charge >= 0.3 is 0 Å². The Bertz CT molecular complexity index is 536. The minimum absolute atomic E-state index is 0.165. The van der Waals surface area contributed by atoms with E-state index < -0.39 is 0 Å². The van der Waals surface area contributed by atoms with Crippen LogP contribution in [-0.2, 0) is 6.42 Å². The number of rotatable bonds is 4. The van der Waals surface area contributed by atoms with Gasteiger partial charge in [-0.1, -0.05) is 0 Å². The molecule has 0 spiro atoms. The van der Waals surface area contributed by atoms with Crippen molar-refractivity contribution in [1.82, 2.24) is 15.0 Å². The maximum absolute atomic E-state index is 5.98. The molecule has 98 valence electrons. The predicted octanol–water partition coefficient (Wildman–Crippen LogP) is 1.69. The molecule has 0 radical (unpaired) electrons. The fourth-order valence-electron chi connectivity index (χ4n) is 1.74. The van der Waals surface area contributed by atoms with Crippen LogP contribution in [0.25, 0.3) is 11.2 Å². The Hall–Kier alpha value is -1.62. The smallest absolute Gasteiger partial charge is 0.179 e. The number of hydrogen-bond donors (Lipinski definition) is 2. The normalized spacial score (nSPS) is 12.1. The van der Waals surface area contributed by atoms with Crippen LogP contribution in [0.3, 0.4) is 0 Å². The first-order chi connectivity index (χ1) is 8.35. The number of imidazole rings is 1. The number of nitrogens with one attached hydrogen (secondary N) is 1. The monoisotopic (exact) mass is 247 g/mol. The molecule has 5 nitrogen and oxygen atoms in total. The van der Waals surface area contributed by atoms with Crippen molar-refractivity contribution in [2.45, 2.75) is 32.2 Å². The number of fused-ring (bicyclic) bond motifs is 1. The van der Waals surface area contributed by atoms with Gasteiger partial charge in [0.2, 0.25) is 0 Å². The Kier molecular flexibility index (Phi) is 3.26. The Labute approximate surface area is 107 Å². The molecular formula is C13H21N5. The molecule has 5 heteroatoms. The molecule has 2 aromatic heterocycles. The number of nitrogens with two attached hydrogens (primary N) is 1. The third kappa shape index (κ3) is 2.98. The lowest BCUT2D eigenvalue weighted by Gasteiger charge is -2.16. The van der Waals surface area contributed by atoms with Crippen molar-refractivity contribution in [3.63, 3.8) is 0 Å². The molecule has 3 N–H and O–H groups in total. The zero-order valence-corrected chi connectivity index (χ0v) is 11.5. The molecular weight excluding hydrogens is 226 g/mol.